The molecule has 0 aromatic carbocycles. The molecule has 0 spiro atoms. The van der Waals surface area contributed by atoms with Crippen molar-refractivity contribution in [2.45, 2.75) is 20.3 Å². The number of nitrogens with zero attached hydrogens (tertiary/aromatic N) is 1. The predicted octanol–water partition coefficient (Wildman–Crippen LogP) is 1.28. The average Bonchev–Trinajstić information content (AvgIpc) is 2.66. The van der Waals surface area contributed by atoms with E-state index in [1.165, 1.54) is 18.3 Å². The molecular formula is C10H15N3O2S. The Morgan fingerprint density at radius 3 is 2.81 bits per heavy atom. The minimum absolute atomic E-state index is 0.0922. The van der Waals surface area contributed by atoms with Crippen molar-refractivity contribution in [2.24, 2.45) is 0 Å². The molecule has 1 heterocycles. The van der Waals surface area contributed by atoms with E-state index in [2.05, 4.69) is 15.6 Å². The summed E-state index contributed by atoms with van der Waals surface area (Å²) < 4.78 is 0. The molecular weight excluding hydrogens is 226 g/mol. The number of rotatable bonds is 6. The molecule has 16 heavy (non-hydrogen) atoms. The molecule has 5 nitrogen and oxygen atoms in total. The maximum Gasteiger partial charge on any atom is 0.227 e. The van der Waals surface area contributed by atoms with Gasteiger partial charge in [0.15, 0.2) is 10.9 Å². The molecule has 2 N–H and O–H groups in total. The highest BCUT2D eigenvalue weighted by Crippen LogP contribution is 2.15. The monoisotopic (exact) mass is 241 g/mol. The zero-order valence-electron chi connectivity index (χ0n) is 9.37. The predicted molar refractivity (Wildman–Crippen MR) is 63.9 cm³/mol. The van der Waals surface area contributed by atoms with E-state index in [9.17, 15) is 9.59 Å². The number of ketones is 1. The lowest BCUT2D eigenvalue weighted by molar-refractivity contribution is -0.116. The Morgan fingerprint density at radius 2 is 2.25 bits per heavy atom. The lowest BCUT2D eigenvalue weighted by atomic mass is 10.4. The van der Waals surface area contributed by atoms with Gasteiger partial charge in [-0.3, -0.25) is 9.59 Å². The van der Waals surface area contributed by atoms with Gasteiger partial charge in [0.1, 0.15) is 5.69 Å². The van der Waals surface area contributed by atoms with Crippen molar-refractivity contribution < 1.29 is 9.59 Å². The molecule has 88 valence electrons. The van der Waals surface area contributed by atoms with Gasteiger partial charge in [0.2, 0.25) is 5.91 Å². The van der Waals surface area contributed by atoms with Crippen LogP contribution in [0.15, 0.2) is 5.38 Å². The number of hydrogen-bond acceptors (Lipinski definition) is 5. The number of thiazole rings is 1. The lowest BCUT2D eigenvalue weighted by Crippen LogP contribution is -2.21. The standard InChI is InChI=1S/C10H15N3O2S/c1-3-11-5-4-9(15)13-10-12-8(6-16-10)7(2)14/h6,11H,3-5H2,1-2H3,(H,12,13,15). The van der Waals surface area contributed by atoms with Crippen LogP contribution >= 0.6 is 11.3 Å². The van der Waals surface area contributed by atoms with Gasteiger partial charge in [0.05, 0.1) is 0 Å². The number of carbonyl (C=O) groups excluding carboxylic acids is 2. The lowest BCUT2D eigenvalue weighted by Gasteiger charge is -2.01. The smallest absolute Gasteiger partial charge is 0.227 e. The molecule has 1 aromatic rings. The minimum atomic E-state index is -0.0931. The van der Waals surface area contributed by atoms with Gasteiger partial charge in [-0.05, 0) is 6.54 Å². The molecule has 1 amide bonds. The van der Waals surface area contributed by atoms with Crippen LogP contribution in [0.1, 0.15) is 30.8 Å². The number of anilines is 1. The summed E-state index contributed by atoms with van der Waals surface area (Å²) in [4.78, 5) is 26.4. The van der Waals surface area contributed by atoms with Crippen LogP contribution in [0.4, 0.5) is 5.13 Å². The molecule has 0 fully saturated rings. The highest BCUT2D eigenvalue weighted by molar-refractivity contribution is 7.14. The molecule has 0 aliphatic carbocycles. The molecule has 0 atom stereocenters. The van der Waals surface area contributed by atoms with E-state index in [4.69, 9.17) is 0 Å². The third kappa shape index (κ3) is 4.08. The van der Waals surface area contributed by atoms with E-state index in [0.717, 1.165) is 6.54 Å². The van der Waals surface area contributed by atoms with Crippen LogP contribution in [0.5, 0.6) is 0 Å². The Balaban J connectivity index is 2.40. The Hall–Kier alpha value is -1.27. The summed E-state index contributed by atoms with van der Waals surface area (Å²) in [7, 11) is 0. The molecule has 0 bridgehead atoms. The molecule has 0 saturated carbocycles. The van der Waals surface area contributed by atoms with Crippen molar-refractivity contribution in [3.8, 4) is 0 Å². The first-order valence-electron chi connectivity index (χ1n) is 5.10. The van der Waals surface area contributed by atoms with Crippen LogP contribution in [0.2, 0.25) is 0 Å². The van der Waals surface area contributed by atoms with Gasteiger partial charge >= 0.3 is 0 Å². The number of carbonyl (C=O) groups is 2. The maximum absolute atomic E-state index is 11.4. The molecule has 0 aliphatic rings. The number of Topliss-reactive ketones (excluding diaryl/α,β-unsaturated/α-hetero) is 1. The summed E-state index contributed by atoms with van der Waals surface area (Å²) in [5.41, 5.74) is 0.395. The van der Waals surface area contributed by atoms with Crippen molar-refractivity contribution in [3.63, 3.8) is 0 Å². The topological polar surface area (TPSA) is 71.1 Å². The fourth-order valence-corrected chi connectivity index (χ4v) is 1.82. The van der Waals surface area contributed by atoms with Crippen molar-refractivity contribution in [3.05, 3.63) is 11.1 Å². The SMILES string of the molecule is CCNCCC(=O)Nc1nc(C(C)=O)cs1. The molecule has 1 rings (SSSR count). The van der Waals surface area contributed by atoms with E-state index in [1.54, 1.807) is 5.38 Å². The van der Waals surface area contributed by atoms with Gasteiger partial charge in [-0.2, -0.15) is 0 Å². The summed E-state index contributed by atoms with van der Waals surface area (Å²) >= 11 is 1.26. The Kier molecular flexibility index (Phi) is 5.07. The van der Waals surface area contributed by atoms with Crippen molar-refractivity contribution >= 4 is 28.2 Å². The first-order valence-corrected chi connectivity index (χ1v) is 5.98. The van der Waals surface area contributed by atoms with Crippen LogP contribution in [-0.4, -0.2) is 29.8 Å². The largest absolute Gasteiger partial charge is 0.316 e. The van der Waals surface area contributed by atoms with Gasteiger partial charge in [-0.25, -0.2) is 4.98 Å². The second kappa shape index (κ2) is 6.34. The molecule has 0 aliphatic heterocycles. The van der Waals surface area contributed by atoms with E-state index >= 15 is 0 Å². The van der Waals surface area contributed by atoms with Crippen LogP contribution in [0.25, 0.3) is 0 Å². The van der Waals surface area contributed by atoms with Gasteiger partial charge in [0, 0.05) is 25.3 Å². The highest BCUT2D eigenvalue weighted by Gasteiger charge is 2.08. The maximum atomic E-state index is 11.4. The quantitative estimate of drug-likeness (QED) is 0.581. The number of aromatic nitrogens is 1. The highest BCUT2D eigenvalue weighted by atomic mass is 32.1. The van der Waals surface area contributed by atoms with Crippen LogP contribution in [0.3, 0.4) is 0 Å². The first-order chi connectivity index (χ1) is 7.63. The minimum Gasteiger partial charge on any atom is -0.316 e. The first kappa shape index (κ1) is 12.8. The number of amides is 1. The number of nitrogens with one attached hydrogen (secondary N) is 2. The third-order valence-electron chi connectivity index (χ3n) is 1.89. The fraction of sp³-hybridized carbons (Fsp3) is 0.500. The molecule has 0 radical (unpaired) electrons. The summed E-state index contributed by atoms with van der Waals surface area (Å²) in [5.74, 6) is -0.185. The molecule has 0 unspecified atom stereocenters. The molecule has 1 aromatic heterocycles. The summed E-state index contributed by atoms with van der Waals surface area (Å²) in [6.07, 6.45) is 0.406. The van der Waals surface area contributed by atoms with E-state index in [-0.39, 0.29) is 11.7 Å². The second-order valence-corrected chi connectivity index (χ2v) is 4.10. The van der Waals surface area contributed by atoms with Gasteiger partial charge in [-0.1, -0.05) is 6.92 Å². The van der Waals surface area contributed by atoms with Gasteiger partial charge < -0.3 is 10.6 Å². The van der Waals surface area contributed by atoms with Crippen LogP contribution in [0, 0.1) is 0 Å². The van der Waals surface area contributed by atoms with E-state index in [1.807, 2.05) is 6.92 Å². The average molecular weight is 241 g/mol. The van der Waals surface area contributed by atoms with Crippen LogP contribution in [-0.2, 0) is 4.79 Å². The zero-order chi connectivity index (χ0) is 12.0. The third-order valence-corrected chi connectivity index (χ3v) is 2.65. The summed E-state index contributed by atoms with van der Waals surface area (Å²) in [5, 5.41) is 7.83. The van der Waals surface area contributed by atoms with Crippen LogP contribution < -0.4 is 10.6 Å². The van der Waals surface area contributed by atoms with Gasteiger partial charge in [0.25, 0.3) is 0 Å². The number of hydrogen-bond donors (Lipinski definition) is 2. The van der Waals surface area contributed by atoms with Gasteiger partial charge in [-0.15, -0.1) is 11.3 Å². The van der Waals surface area contributed by atoms with Crippen molar-refractivity contribution in [2.75, 3.05) is 18.4 Å². The van der Waals surface area contributed by atoms with Crippen molar-refractivity contribution in [1.82, 2.24) is 10.3 Å². The molecule has 0 saturated heterocycles. The fourth-order valence-electron chi connectivity index (χ4n) is 1.05. The summed E-state index contributed by atoms with van der Waals surface area (Å²) in [6, 6.07) is 0. The zero-order valence-corrected chi connectivity index (χ0v) is 10.2. The Morgan fingerprint density at radius 1 is 1.50 bits per heavy atom. The Bertz CT molecular complexity index is 376. The van der Waals surface area contributed by atoms with Crippen molar-refractivity contribution in [1.29, 1.82) is 0 Å². The normalized spacial score (nSPS) is 10.1. The summed E-state index contributed by atoms with van der Waals surface area (Å²) in [6.45, 7) is 4.93. The molecule has 6 heteroatoms. The Labute approximate surface area is 98.3 Å². The van der Waals surface area contributed by atoms with E-state index in [0.29, 0.717) is 23.8 Å². The second-order valence-electron chi connectivity index (χ2n) is 3.25. The van der Waals surface area contributed by atoms with E-state index < -0.39 is 0 Å².